The molecule has 4 nitrogen and oxygen atoms in total. The SMILES string of the molecule is Cc1cc(Br)oc1C(=O)Nc1cccc(C(=O)c2ccccc2)c1. The molecule has 24 heavy (non-hydrogen) atoms. The lowest BCUT2D eigenvalue weighted by Gasteiger charge is -2.06. The van der Waals surface area contributed by atoms with Gasteiger partial charge in [0.15, 0.2) is 16.2 Å². The molecule has 0 unspecified atom stereocenters. The molecule has 5 heteroatoms. The first-order valence-electron chi connectivity index (χ1n) is 7.31. The lowest BCUT2D eigenvalue weighted by molar-refractivity contribution is 0.0992. The summed E-state index contributed by atoms with van der Waals surface area (Å²) in [5, 5.41) is 2.75. The van der Waals surface area contributed by atoms with Crippen molar-refractivity contribution in [3.05, 3.63) is 87.8 Å². The maximum atomic E-state index is 12.5. The molecule has 3 rings (SSSR count). The summed E-state index contributed by atoms with van der Waals surface area (Å²) in [5.74, 6) is -0.215. The number of halogens is 1. The van der Waals surface area contributed by atoms with Crippen LogP contribution in [0.5, 0.6) is 0 Å². The van der Waals surface area contributed by atoms with Crippen LogP contribution in [0.4, 0.5) is 5.69 Å². The monoisotopic (exact) mass is 383 g/mol. The first-order chi connectivity index (χ1) is 11.5. The van der Waals surface area contributed by atoms with Gasteiger partial charge in [0, 0.05) is 22.4 Å². The summed E-state index contributed by atoms with van der Waals surface area (Å²) >= 11 is 3.20. The van der Waals surface area contributed by atoms with E-state index >= 15 is 0 Å². The number of carbonyl (C=O) groups is 2. The molecular weight excluding hydrogens is 370 g/mol. The Labute approximate surface area is 147 Å². The average molecular weight is 384 g/mol. The van der Waals surface area contributed by atoms with Crippen LogP contribution in [-0.2, 0) is 0 Å². The van der Waals surface area contributed by atoms with Crippen molar-refractivity contribution in [1.29, 1.82) is 0 Å². The summed E-state index contributed by atoms with van der Waals surface area (Å²) in [6.07, 6.45) is 0. The predicted molar refractivity (Wildman–Crippen MR) is 95.4 cm³/mol. The van der Waals surface area contributed by atoms with Gasteiger partial charge in [-0.15, -0.1) is 0 Å². The standard InChI is InChI=1S/C19H14BrNO3/c1-12-10-16(20)24-18(12)19(23)21-15-9-5-8-14(11-15)17(22)13-6-3-2-4-7-13/h2-11H,1H3,(H,21,23). The van der Waals surface area contributed by atoms with Crippen LogP contribution in [0.25, 0.3) is 0 Å². The molecule has 0 aliphatic carbocycles. The number of anilines is 1. The number of furan rings is 1. The highest BCUT2D eigenvalue weighted by atomic mass is 79.9. The first kappa shape index (κ1) is 16.2. The van der Waals surface area contributed by atoms with Gasteiger partial charge in [-0.3, -0.25) is 9.59 Å². The summed E-state index contributed by atoms with van der Waals surface area (Å²) in [4.78, 5) is 24.8. The third-order valence-corrected chi connectivity index (χ3v) is 3.90. The molecule has 0 saturated carbocycles. The second kappa shape index (κ2) is 6.84. The van der Waals surface area contributed by atoms with Gasteiger partial charge in [0.05, 0.1) is 0 Å². The van der Waals surface area contributed by atoms with E-state index in [-0.39, 0.29) is 17.5 Å². The Hall–Kier alpha value is -2.66. The highest BCUT2D eigenvalue weighted by Gasteiger charge is 2.16. The first-order valence-corrected chi connectivity index (χ1v) is 8.11. The van der Waals surface area contributed by atoms with Crippen LogP contribution in [0, 0.1) is 6.92 Å². The molecule has 0 aliphatic heterocycles. The Morgan fingerprint density at radius 2 is 1.67 bits per heavy atom. The van der Waals surface area contributed by atoms with Crippen LogP contribution in [0.15, 0.2) is 69.8 Å². The Kier molecular flexibility index (Phi) is 4.62. The van der Waals surface area contributed by atoms with Crippen LogP contribution >= 0.6 is 15.9 Å². The number of rotatable bonds is 4. The van der Waals surface area contributed by atoms with Crippen molar-refractivity contribution in [1.82, 2.24) is 0 Å². The van der Waals surface area contributed by atoms with E-state index in [2.05, 4.69) is 21.2 Å². The van der Waals surface area contributed by atoms with E-state index in [1.54, 1.807) is 49.4 Å². The number of benzene rings is 2. The molecule has 0 atom stereocenters. The molecule has 2 aromatic carbocycles. The second-order valence-electron chi connectivity index (χ2n) is 5.29. The molecule has 1 aromatic heterocycles. The molecule has 0 spiro atoms. The Bertz CT molecular complexity index is 900. The molecular formula is C19H14BrNO3. The quantitative estimate of drug-likeness (QED) is 0.656. The fraction of sp³-hybridized carbons (Fsp3) is 0.0526. The summed E-state index contributed by atoms with van der Waals surface area (Å²) < 4.78 is 5.83. The van der Waals surface area contributed by atoms with Crippen molar-refractivity contribution in [2.24, 2.45) is 0 Å². The minimum Gasteiger partial charge on any atom is -0.444 e. The van der Waals surface area contributed by atoms with Gasteiger partial charge in [0.2, 0.25) is 0 Å². The van der Waals surface area contributed by atoms with E-state index in [0.717, 1.165) is 5.56 Å². The highest BCUT2D eigenvalue weighted by Crippen LogP contribution is 2.21. The van der Waals surface area contributed by atoms with Gasteiger partial charge < -0.3 is 9.73 Å². The summed E-state index contributed by atoms with van der Waals surface area (Å²) in [6, 6.07) is 17.6. The number of carbonyl (C=O) groups excluding carboxylic acids is 2. The van der Waals surface area contributed by atoms with E-state index in [1.807, 2.05) is 18.2 Å². The number of amides is 1. The van der Waals surface area contributed by atoms with E-state index < -0.39 is 0 Å². The van der Waals surface area contributed by atoms with Gasteiger partial charge in [-0.05, 0) is 41.1 Å². The van der Waals surface area contributed by atoms with Crippen LogP contribution in [0.2, 0.25) is 0 Å². The Morgan fingerprint density at radius 1 is 0.958 bits per heavy atom. The number of nitrogens with one attached hydrogen (secondary N) is 1. The average Bonchev–Trinajstić information content (AvgIpc) is 2.94. The van der Waals surface area contributed by atoms with Crippen molar-refractivity contribution >= 4 is 33.3 Å². The third kappa shape index (κ3) is 3.46. The molecule has 3 aromatic rings. The zero-order chi connectivity index (χ0) is 17.1. The number of hydrogen-bond acceptors (Lipinski definition) is 3. The summed E-state index contributed by atoms with van der Waals surface area (Å²) in [6.45, 7) is 1.79. The minimum absolute atomic E-state index is 0.0939. The minimum atomic E-state index is -0.359. The highest BCUT2D eigenvalue weighted by molar-refractivity contribution is 9.10. The maximum Gasteiger partial charge on any atom is 0.291 e. The number of ketones is 1. The molecule has 0 fully saturated rings. The molecule has 1 N–H and O–H groups in total. The van der Waals surface area contributed by atoms with Crippen LogP contribution < -0.4 is 5.32 Å². The zero-order valence-corrected chi connectivity index (χ0v) is 14.5. The van der Waals surface area contributed by atoms with Crippen molar-refractivity contribution in [3.63, 3.8) is 0 Å². The van der Waals surface area contributed by atoms with E-state index in [0.29, 0.717) is 21.5 Å². The lowest BCUT2D eigenvalue weighted by Crippen LogP contribution is -2.12. The molecule has 1 amide bonds. The summed E-state index contributed by atoms with van der Waals surface area (Å²) in [7, 11) is 0. The van der Waals surface area contributed by atoms with E-state index in [4.69, 9.17) is 4.42 Å². The van der Waals surface area contributed by atoms with Crippen molar-refractivity contribution in [3.8, 4) is 0 Å². The van der Waals surface area contributed by atoms with Crippen LogP contribution in [0.3, 0.4) is 0 Å². The number of hydrogen-bond donors (Lipinski definition) is 1. The Balaban J connectivity index is 1.82. The lowest BCUT2D eigenvalue weighted by atomic mass is 10.0. The smallest absolute Gasteiger partial charge is 0.291 e. The van der Waals surface area contributed by atoms with Gasteiger partial charge in [0.1, 0.15) is 0 Å². The van der Waals surface area contributed by atoms with Crippen molar-refractivity contribution < 1.29 is 14.0 Å². The van der Waals surface area contributed by atoms with Gasteiger partial charge >= 0.3 is 0 Å². The third-order valence-electron chi connectivity index (χ3n) is 3.51. The predicted octanol–water partition coefficient (Wildman–Crippen LogP) is 4.83. The van der Waals surface area contributed by atoms with E-state index in [9.17, 15) is 9.59 Å². The molecule has 0 bridgehead atoms. The van der Waals surface area contributed by atoms with Gasteiger partial charge in [0.25, 0.3) is 5.91 Å². The Morgan fingerprint density at radius 3 is 2.33 bits per heavy atom. The van der Waals surface area contributed by atoms with Gasteiger partial charge in [-0.2, -0.15) is 0 Å². The molecule has 0 saturated heterocycles. The van der Waals surface area contributed by atoms with E-state index in [1.165, 1.54) is 0 Å². The summed E-state index contributed by atoms with van der Waals surface area (Å²) in [5.41, 5.74) is 2.38. The molecule has 0 aliphatic rings. The fourth-order valence-electron chi connectivity index (χ4n) is 2.35. The second-order valence-corrected chi connectivity index (χ2v) is 6.07. The van der Waals surface area contributed by atoms with Crippen molar-refractivity contribution in [2.45, 2.75) is 6.92 Å². The molecule has 1 heterocycles. The van der Waals surface area contributed by atoms with Crippen molar-refractivity contribution in [2.75, 3.05) is 5.32 Å². The largest absolute Gasteiger partial charge is 0.444 e. The van der Waals surface area contributed by atoms with Crippen LogP contribution in [-0.4, -0.2) is 11.7 Å². The maximum absolute atomic E-state index is 12.5. The normalized spacial score (nSPS) is 10.4. The molecule has 120 valence electrons. The van der Waals surface area contributed by atoms with Gasteiger partial charge in [-0.25, -0.2) is 0 Å². The van der Waals surface area contributed by atoms with Crippen LogP contribution in [0.1, 0.15) is 32.0 Å². The topological polar surface area (TPSA) is 59.3 Å². The molecule has 0 radical (unpaired) electrons. The fourth-order valence-corrected chi connectivity index (χ4v) is 2.86. The zero-order valence-electron chi connectivity index (χ0n) is 12.9. The number of aryl methyl sites for hydroxylation is 1. The van der Waals surface area contributed by atoms with Gasteiger partial charge in [-0.1, -0.05) is 42.5 Å².